The van der Waals surface area contributed by atoms with Crippen molar-refractivity contribution in [3.63, 3.8) is 0 Å². The first kappa shape index (κ1) is 41.0. The highest BCUT2D eigenvalue weighted by Gasteiger charge is 2.40. The highest BCUT2D eigenvalue weighted by atomic mass is 15.3. The average Bonchev–Trinajstić information content (AvgIpc) is 3.91. The number of aliphatic imine (C=N–C) groups is 1. The molecule has 3 N–H and O–H groups in total. The second-order valence-electron chi connectivity index (χ2n) is 19.1. The SMILES string of the molecule is CN1CCN(c2ccc(Nc3ncc4cc5n(c4n3)C3(CCCCC3)CN=C5)nc2)CC1.CN1CCN(c2ccc(Nc3ncc4cc5n(c4n3)C3(CCCCC3)CNC5)nc2)CC1. The van der Waals surface area contributed by atoms with E-state index in [2.05, 4.69) is 103 Å². The van der Waals surface area contributed by atoms with E-state index in [1.54, 1.807) is 0 Å². The highest BCUT2D eigenvalue weighted by Crippen LogP contribution is 2.42. The lowest BCUT2D eigenvalue weighted by Crippen LogP contribution is -2.49. The minimum Gasteiger partial charge on any atom is -0.368 e. The largest absolute Gasteiger partial charge is 0.368 e. The van der Waals surface area contributed by atoms with Gasteiger partial charge in [0.1, 0.15) is 22.9 Å². The van der Waals surface area contributed by atoms with Crippen molar-refractivity contribution in [2.45, 2.75) is 81.8 Å². The maximum absolute atomic E-state index is 4.97. The lowest BCUT2D eigenvalue weighted by molar-refractivity contribution is 0.168. The van der Waals surface area contributed by atoms with Crippen molar-refractivity contribution in [2.24, 2.45) is 4.99 Å². The molecule has 12 rings (SSSR count). The summed E-state index contributed by atoms with van der Waals surface area (Å²) >= 11 is 0. The fraction of sp³-hybridized carbons (Fsp3) is 0.521. The fourth-order valence-corrected chi connectivity index (χ4v) is 11.2. The van der Waals surface area contributed by atoms with E-state index in [4.69, 9.17) is 15.0 Å². The number of likely N-dealkylation sites (N-methyl/N-ethyl adjacent to an activating group) is 2. The minimum absolute atomic E-state index is 0.0676. The number of pyridine rings is 2. The molecule has 334 valence electrons. The van der Waals surface area contributed by atoms with Crippen LogP contribution in [-0.2, 0) is 17.6 Å². The number of nitrogens with one attached hydrogen (secondary N) is 3. The van der Waals surface area contributed by atoms with Gasteiger partial charge in [-0.1, -0.05) is 38.5 Å². The summed E-state index contributed by atoms with van der Waals surface area (Å²) in [7, 11) is 4.35. The molecule has 0 radical (unpaired) electrons. The van der Waals surface area contributed by atoms with Gasteiger partial charge in [-0.15, -0.1) is 0 Å². The Labute approximate surface area is 375 Å². The van der Waals surface area contributed by atoms with Crippen LogP contribution in [0, 0.1) is 0 Å². The zero-order valence-corrected chi connectivity index (χ0v) is 37.5. The number of hydrogen-bond donors (Lipinski definition) is 3. The third-order valence-corrected chi connectivity index (χ3v) is 14.8. The molecule has 2 aliphatic carbocycles. The molecule has 10 heterocycles. The van der Waals surface area contributed by atoms with Crippen LogP contribution in [0.2, 0.25) is 0 Å². The Morgan fingerprint density at radius 3 is 1.64 bits per heavy atom. The smallest absolute Gasteiger partial charge is 0.230 e. The zero-order chi connectivity index (χ0) is 43.1. The van der Waals surface area contributed by atoms with Gasteiger partial charge in [-0.3, -0.25) is 4.99 Å². The molecule has 4 aliphatic heterocycles. The van der Waals surface area contributed by atoms with Gasteiger partial charge in [-0.2, -0.15) is 9.97 Å². The molecule has 0 aromatic carbocycles. The van der Waals surface area contributed by atoms with Crippen molar-refractivity contribution in [3.8, 4) is 0 Å². The van der Waals surface area contributed by atoms with Gasteiger partial charge in [-0.05, 0) is 76.2 Å². The van der Waals surface area contributed by atoms with Crippen molar-refractivity contribution >= 4 is 63.2 Å². The quantitative estimate of drug-likeness (QED) is 0.168. The molecule has 16 nitrogen and oxygen atoms in total. The summed E-state index contributed by atoms with van der Waals surface area (Å²) in [6, 6.07) is 12.7. The Balaban J connectivity index is 0.000000143. The predicted octanol–water partition coefficient (Wildman–Crippen LogP) is 6.50. The van der Waals surface area contributed by atoms with Gasteiger partial charge in [0.05, 0.1) is 47.1 Å². The van der Waals surface area contributed by atoms with E-state index in [0.29, 0.717) is 11.9 Å². The van der Waals surface area contributed by atoms with Crippen molar-refractivity contribution in [1.82, 2.24) is 54.2 Å². The number of anilines is 6. The van der Waals surface area contributed by atoms with Crippen molar-refractivity contribution < 1.29 is 0 Å². The number of rotatable bonds is 6. The molecule has 6 aliphatic rings. The average molecular weight is 863 g/mol. The summed E-state index contributed by atoms with van der Waals surface area (Å²) in [5.41, 5.74) is 7.09. The fourth-order valence-electron chi connectivity index (χ4n) is 11.2. The number of piperazine rings is 2. The van der Waals surface area contributed by atoms with E-state index < -0.39 is 0 Å². The number of hydrogen-bond acceptors (Lipinski definition) is 14. The first-order chi connectivity index (χ1) is 31.4. The summed E-state index contributed by atoms with van der Waals surface area (Å²) in [6.45, 7) is 11.3. The Morgan fingerprint density at radius 2 is 1.09 bits per heavy atom. The molecular weight excluding hydrogens is 801 g/mol. The number of nitrogens with zero attached hydrogens (tertiary/aromatic N) is 13. The normalized spacial score (nSPS) is 20.8. The van der Waals surface area contributed by atoms with E-state index in [1.165, 1.54) is 81.3 Å². The predicted molar refractivity (Wildman–Crippen MR) is 256 cm³/mol. The molecule has 6 aromatic heterocycles. The van der Waals surface area contributed by atoms with E-state index in [-0.39, 0.29) is 11.1 Å². The molecule has 6 aromatic rings. The Morgan fingerprint density at radius 1 is 0.562 bits per heavy atom. The van der Waals surface area contributed by atoms with Crippen LogP contribution >= 0.6 is 0 Å². The van der Waals surface area contributed by atoms with Crippen LogP contribution in [0.25, 0.3) is 22.1 Å². The molecule has 0 atom stereocenters. The van der Waals surface area contributed by atoms with Crippen LogP contribution < -0.4 is 25.8 Å². The standard InChI is InChI=1S/C24H32N8.C24H30N8/c2*1-30-9-11-31(12-10-30)19-5-6-21(26-16-19)28-23-27-14-18-13-20-15-25-17-24(7-3-2-4-8-24)32(20)22(18)29-23/h5-6,13-14,16,25H,2-4,7-12,15,17H2,1H3,(H,26,27,28,29);5-6,13-16H,2-4,7-12,17H2,1H3,(H,26,27,28,29). The second-order valence-corrected chi connectivity index (χ2v) is 19.1. The van der Waals surface area contributed by atoms with Gasteiger partial charge < -0.3 is 44.7 Å². The highest BCUT2D eigenvalue weighted by molar-refractivity contribution is 5.90. The Bertz CT molecular complexity index is 2590. The van der Waals surface area contributed by atoms with E-state index in [0.717, 1.165) is 111 Å². The van der Waals surface area contributed by atoms with Crippen LogP contribution in [0.3, 0.4) is 0 Å². The summed E-state index contributed by atoms with van der Waals surface area (Å²) in [4.78, 5) is 42.5. The molecule has 64 heavy (non-hydrogen) atoms. The molecule has 0 amide bonds. The van der Waals surface area contributed by atoms with Gasteiger partial charge in [0.2, 0.25) is 11.9 Å². The van der Waals surface area contributed by atoms with Crippen LogP contribution in [0.5, 0.6) is 0 Å². The van der Waals surface area contributed by atoms with Crippen LogP contribution in [0.1, 0.15) is 75.6 Å². The Kier molecular flexibility index (Phi) is 11.1. The molecule has 2 spiro atoms. The first-order valence-electron chi connectivity index (χ1n) is 23.7. The lowest BCUT2D eigenvalue weighted by atomic mass is 9.80. The third kappa shape index (κ3) is 8.04. The summed E-state index contributed by atoms with van der Waals surface area (Å²) < 4.78 is 4.96. The second kappa shape index (κ2) is 17.3. The molecule has 0 bridgehead atoms. The monoisotopic (exact) mass is 863 g/mol. The van der Waals surface area contributed by atoms with Crippen LogP contribution in [-0.4, -0.2) is 135 Å². The summed E-state index contributed by atoms with van der Waals surface area (Å²) in [6.07, 6.45) is 22.3. The van der Waals surface area contributed by atoms with E-state index >= 15 is 0 Å². The van der Waals surface area contributed by atoms with Crippen molar-refractivity contribution in [2.75, 3.05) is 100.0 Å². The number of fused-ring (bicyclic) bond motifs is 8. The summed E-state index contributed by atoms with van der Waals surface area (Å²) in [5, 5.41) is 12.5. The number of aromatic nitrogens is 8. The van der Waals surface area contributed by atoms with E-state index in [1.807, 2.05) is 43.1 Å². The van der Waals surface area contributed by atoms with Crippen molar-refractivity contribution in [3.05, 3.63) is 72.6 Å². The van der Waals surface area contributed by atoms with Crippen LogP contribution in [0.4, 0.5) is 34.9 Å². The molecule has 2 saturated carbocycles. The zero-order valence-electron chi connectivity index (χ0n) is 37.5. The Hall–Kier alpha value is -5.71. The maximum Gasteiger partial charge on any atom is 0.230 e. The van der Waals surface area contributed by atoms with E-state index in [9.17, 15) is 0 Å². The lowest BCUT2D eigenvalue weighted by Gasteiger charge is -2.43. The molecule has 16 heteroatoms. The minimum atomic E-state index is 0.0676. The van der Waals surface area contributed by atoms with Gasteiger partial charge in [0.25, 0.3) is 0 Å². The van der Waals surface area contributed by atoms with Gasteiger partial charge in [0.15, 0.2) is 0 Å². The molecule has 0 unspecified atom stereocenters. The van der Waals surface area contributed by atoms with Gasteiger partial charge in [0, 0.05) is 101 Å². The molecular formula is C48H62N16. The van der Waals surface area contributed by atoms with Crippen LogP contribution in [0.15, 0.2) is 66.2 Å². The molecule has 4 fully saturated rings. The van der Waals surface area contributed by atoms with Crippen molar-refractivity contribution in [1.29, 1.82) is 0 Å². The molecule has 2 saturated heterocycles. The summed E-state index contributed by atoms with van der Waals surface area (Å²) in [5.74, 6) is 2.75. The first-order valence-corrected chi connectivity index (χ1v) is 23.7. The topological polar surface area (TPSA) is 149 Å². The maximum atomic E-state index is 4.97. The third-order valence-electron chi connectivity index (χ3n) is 14.8. The van der Waals surface area contributed by atoms with Gasteiger partial charge in [-0.25, -0.2) is 19.9 Å². The van der Waals surface area contributed by atoms with Gasteiger partial charge >= 0.3 is 0 Å².